The van der Waals surface area contributed by atoms with Gasteiger partial charge in [0.1, 0.15) is 5.75 Å². The Morgan fingerprint density at radius 1 is 1.02 bits per heavy atom. The molecule has 1 aliphatic rings. The van der Waals surface area contributed by atoms with Crippen molar-refractivity contribution in [1.82, 2.24) is 14.5 Å². The predicted octanol–water partition coefficient (Wildman–Crippen LogP) is 5.35. The fourth-order valence-corrected chi connectivity index (χ4v) is 7.30. The van der Waals surface area contributed by atoms with Crippen molar-refractivity contribution in [1.29, 1.82) is 0 Å². The minimum absolute atomic E-state index is 0.135. The maximum Gasteiger partial charge on any atom is 0.283 e. The second kappa shape index (κ2) is 13.1. The van der Waals surface area contributed by atoms with Crippen LogP contribution in [-0.4, -0.2) is 32.5 Å². The largest absolute Gasteiger partial charge is 0.497 e. The number of ether oxygens (including phenoxy) is 1. The number of hydrogen-bond donors (Lipinski definition) is 1. The van der Waals surface area contributed by atoms with Gasteiger partial charge in [0, 0.05) is 23.1 Å². The average Bonchev–Trinajstić information content (AvgIpc) is 3.34. The third-order valence-corrected chi connectivity index (χ3v) is 9.26. The summed E-state index contributed by atoms with van der Waals surface area (Å²) in [6.45, 7) is 5.42. The lowest BCUT2D eigenvalue weighted by Gasteiger charge is -2.25. The van der Waals surface area contributed by atoms with E-state index in [1.165, 1.54) is 10.6 Å². The zero-order chi connectivity index (χ0) is 33.2. The predicted molar refractivity (Wildman–Crippen MR) is 181 cm³/mol. The van der Waals surface area contributed by atoms with Crippen LogP contribution < -0.4 is 24.9 Å². The monoisotopic (exact) mass is 664 g/mol. The number of nitrogens with zero attached hydrogens (tertiary/aromatic N) is 5. The summed E-state index contributed by atoms with van der Waals surface area (Å²) in [7, 11) is 1.55. The highest BCUT2D eigenvalue weighted by atomic mass is 32.2. The van der Waals surface area contributed by atoms with E-state index in [0.717, 1.165) is 34.5 Å². The quantitative estimate of drug-likeness (QED) is 0.133. The van der Waals surface area contributed by atoms with Crippen molar-refractivity contribution in [2.45, 2.75) is 36.9 Å². The van der Waals surface area contributed by atoms with Crippen LogP contribution in [-0.2, 0) is 4.79 Å². The molecule has 0 radical (unpaired) electrons. The molecule has 1 N–H and O–H groups in total. The van der Waals surface area contributed by atoms with Crippen LogP contribution in [0.3, 0.4) is 0 Å². The number of carbonyl (C=O) groups is 1. The number of para-hydroxylation sites is 1. The number of nitrogens with one attached hydrogen (secondary N) is 1. The molecule has 13 heteroatoms. The lowest BCUT2D eigenvalue weighted by Crippen LogP contribution is -2.40. The fourth-order valence-electron chi connectivity index (χ4n) is 5.30. The normalized spacial score (nSPS) is 14.4. The fraction of sp³-hybridized carbons (Fsp3) is 0.147. The summed E-state index contributed by atoms with van der Waals surface area (Å²) in [6, 6.07) is 22.0. The summed E-state index contributed by atoms with van der Waals surface area (Å²) in [5.74, 6) is 0.176. The molecule has 1 aliphatic heterocycles. The molecule has 3 aromatic carbocycles. The number of aryl methyl sites for hydroxylation is 2. The van der Waals surface area contributed by atoms with Crippen LogP contribution in [0.2, 0.25) is 0 Å². The molecule has 0 saturated carbocycles. The first-order valence-electron chi connectivity index (χ1n) is 14.4. The summed E-state index contributed by atoms with van der Waals surface area (Å²) in [5, 5.41) is 15.4. The molecule has 2 aromatic heterocycles. The van der Waals surface area contributed by atoms with Crippen molar-refractivity contribution < 1.29 is 14.5 Å². The van der Waals surface area contributed by atoms with Gasteiger partial charge in [0.25, 0.3) is 17.2 Å². The Morgan fingerprint density at radius 2 is 1.77 bits per heavy atom. The second-order valence-electron chi connectivity index (χ2n) is 10.7. The van der Waals surface area contributed by atoms with Crippen molar-refractivity contribution in [2.75, 3.05) is 12.4 Å². The number of anilines is 1. The minimum Gasteiger partial charge on any atom is -0.497 e. The Labute approximate surface area is 277 Å². The second-order valence-corrected chi connectivity index (χ2v) is 12.7. The van der Waals surface area contributed by atoms with Crippen molar-refractivity contribution in [3.63, 3.8) is 0 Å². The van der Waals surface area contributed by atoms with Crippen LogP contribution in [0.25, 0.3) is 6.08 Å². The van der Waals surface area contributed by atoms with Crippen LogP contribution in [0.15, 0.2) is 110 Å². The Morgan fingerprint density at radius 3 is 2.47 bits per heavy atom. The summed E-state index contributed by atoms with van der Waals surface area (Å²) in [6.07, 6.45) is 1.60. The number of nitro groups is 1. The number of thiazole rings is 1. The van der Waals surface area contributed by atoms with E-state index in [0.29, 0.717) is 53.2 Å². The zero-order valence-corrected chi connectivity index (χ0v) is 27.4. The summed E-state index contributed by atoms with van der Waals surface area (Å²) >= 11 is 2.25. The van der Waals surface area contributed by atoms with E-state index < -0.39 is 16.9 Å². The van der Waals surface area contributed by atoms with Gasteiger partial charge in [-0.15, -0.1) is 0 Å². The van der Waals surface area contributed by atoms with Crippen LogP contribution in [0.4, 0.5) is 11.4 Å². The highest BCUT2D eigenvalue weighted by molar-refractivity contribution is 7.99. The Kier molecular flexibility index (Phi) is 8.83. The van der Waals surface area contributed by atoms with E-state index in [4.69, 9.17) is 4.74 Å². The van der Waals surface area contributed by atoms with Crippen LogP contribution in [0.5, 0.6) is 5.75 Å². The molecule has 0 saturated heterocycles. The number of aromatic nitrogens is 3. The van der Waals surface area contributed by atoms with Crippen LogP contribution in [0, 0.1) is 24.0 Å². The highest BCUT2D eigenvalue weighted by Gasteiger charge is 2.33. The van der Waals surface area contributed by atoms with Crippen LogP contribution in [0.1, 0.15) is 35.5 Å². The minimum atomic E-state index is -0.807. The Bertz CT molecular complexity index is 2240. The SMILES string of the molecule is COc1cccc([C@@H]2C(C(=O)Nc3ccccc3)=C(C)N=c3s/c(=C/c4ccc(Sc5nc(C)cc(C)n5)c([N+](=O)[O-])c4)c(=O)n32)c1. The maximum absolute atomic E-state index is 14.1. The molecule has 0 bridgehead atoms. The number of hydrogen-bond acceptors (Lipinski definition) is 10. The Hall–Kier alpha value is -5.40. The molecule has 1 amide bonds. The molecule has 47 heavy (non-hydrogen) atoms. The van der Waals surface area contributed by atoms with E-state index in [2.05, 4.69) is 20.3 Å². The van der Waals surface area contributed by atoms with E-state index in [-0.39, 0.29) is 11.2 Å². The van der Waals surface area contributed by atoms with Crippen molar-refractivity contribution in [2.24, 2.45) is 4.99 Å². The first-order chi connectivity index (χ1) is 22.6. The number of amides is 1. The molecule has 0 spiro atoms. The molecule has 3 heterocycles. The van der Waals surface area contributed by atoms with Gasteiger partial charge in [-0.2, -0.15) is 0 Å². The first-order valence-corrected chi connectivity index (χ1v) is 16.1. The Balaban J connectivity index is 1.44. The molecule has 236 valence electrons. The van der Waals surface area contributed by atoms with Crippen LogP contribution >= 0.6 is 23.1 Å². The standard InChI is InChI=1S/C34H28N6O5S2/c1-19-15-20(2)36-33(35-19)46-27-14-13-22(16-26(27)40(43)44)17-28-32(42)39-30(23-9-8-12-25(18-23)45-4)29(21(3)37-34(39)47-28)31(41)38-24-10-6-5-7-11-24/h5-18,30H,1-4H3,(H,38,41)/b28-17+/t30-/m1/s1. The highest BCUT2D eigenvalue weighted by Crippen LogP contribution is 2.35. The van der Waals surface area contributed by atoms with Gasteiger partial charge in [-0.3, -0.25) is 24.3 Å². The van der Waals surface area contributed by atoms with Gasteiger partial charge in [-0.25, -0.2) is 15.0 Å². The van der Waals surface area contributed by atoms with E-state index >= 15 is 0 Å². The van der Waals surface area contributed by atoms with Gasteiger partial charge in [-0.1, -0.05) is 47.7 Å². The van der Waals surface area contributed by atoms with Crippen molar-refractivity contribution in [3.8, 4) is 5.75 Å². The lowest BCUT2D eigenvalue weighted by atomic mass is 9.95. The van der Waals surface area contributed by atoms with Gasteiger partial charge in [0.2, 0.25) is 0 Å². The maximum atomic E-state index is 14.1. The first kappa shape index (κ1) is 31.6. The summed E-state index contributed by atoms with van der Waals surface area (Å²) < 4.78 is 7.26. The van der Waals surface area contributed by atoms with Crippen molar-refractivity contribution in [3.05, 3.63) is 142 Å². The van der Waals surface area contributed by atoms with Gasteiger partial charge >= 0.3 is 0 Å². The molecule has 0 unspecified atom stereocenters. The number of benzene rings is 3. The van der Waals surface area contributed by atoms with E-state index in [1.807, 2.05) is 44.2 Å². The van der Waals surface area contributed by atoms with E-state index in [1.54, 1.807) is 62.6 Å². The van der Waals surface area contributed by atoms with E-state index in [9.17, 15) is 19.7 Å². The number of fused-ring (bicyclic) bond motifs is 1. The smallest absolute Gasteiger partial charge is 0.283 e. The molecule has 6 rings (SSSR count). The molecule has 1 atom stereocenters. The van der Waals surface area contributed by atoms with Gasteiger partial charge in [0.05, 0.1) is 38.8 Å². The molecular formula is C34H28N6O5S2. The number of nitro benzene ring substituents is 1. The number of carbonyl (C=O) groups excluding carboxylic acids is 1. The zero-order valence-electron chi connectivity index (χ0n) is 25.8. The van der Waals surface area contributed by atoms with Gasteiger partial charge < -0.3 is 10.1 Å². The third-order valence-electron chi connectivity index (χ3n) is 7.35. The summed E-state index contributed by atoms with van der Waals surface area (Å²) in [5.41, 5.74) is 3.51. The lowest BCUT2D eigenvalue weighted by molar-refractivity contribution is -0.387. The number of allylic oxidation sites excluding steroid dienone is 1. The third kappa shape index (κ3) is 6.62. The number of methoxy groups -OCH3 is 1. The molecule has 11 nitrogen and oxygen atoms in total. The molecular weight excluding hydrogens is 637 g/mol. The van der Waals surface area contributed by atoms with Crippen molar-refractivity contribution >= 4 is 46.5 Å². The topological polar surface area (TPSA) is 142 Å². The average molecular weight is 665 g/mol. The molecule has 0 fully saturated rings. The van der Waals surface area contributed by atoms with Gasteiger partial charge in [-0.05, 0) is 86.1 Å². The van der Waals surface area contributed by atoms with Gasteiger partial charge in [0.15, 0.2) is 9.96 Å². The molecule has 5 aromatic rings. The number of rotatable bonds is 8. The summed E-state index contributed by atoms with van der Waals surface area (Å²) in [4.78, 5) is 53.8. The molecule has 0 aliphatic carbocycles.